The van der Waals surface area contributed by atoms with E-state index in [9.17, 15) is 4.79 Å². The number of amides is 1. The van der Waals surface area contributed by atoms with E-state index in [2.05, 4.69) is 23.0 Å². The molecule has 6 nitrogen and oxygen atoms in total. The number of aromatic nitrogens is 2. The first-order valence-electron chi connectivity index (χ1n) is 7.89. The van der Waals surface area contributed by atoms with E-state index in [4.69, 9.17) is 4.74 Å². The molecular weight excluding hydrogens is 292 g/mol. The molecule has 1 aromatic carbocycles. The summed E-state index contributed by atoms with van der Waals surface area (Å²) in [6, 6.07) is 9.86. The van der Waals surface area contributed by atoms with Crippen LogP contribution < -0.4 is 9.64 Å². The fraction of sp³-hybridized carbons (Fsp3) is 0.412. The van der Waals surface area contributed by atoms with Crippen LogP contribution in [0.4, 0.5) is 5.69 Å². The third-order valence-electron chi connectivity index (χ3n) is 4.07. The van der Waals surface area contributed by atoms with Crippen molar-refractivity contribution in [2.24, 2.45) is 0 Å². The van der Waals surface area contributed by atoms with Gasteiger partial charge in [-0.3, -0.25) is 9.48 Å². The minimum atomic E-state index is -0.0311. The Morgan fingerprint density at radius 3 is 2.96 bits per heavy atom. The highest BCUT2D eigenvalue weighted by molar-refractivity contribution is 5.75. The van der Waals surface area contributed by atoms with E-state index in [1.165, 1.54) is 0 Å². The molecule has 0 fully saturated rings. The topological polar surface area (TPSA) is 50.6 Å². The summed E-state index contributed by atoms with van der Waals surface area (Å²) in [4.78, 5) is 16.3. The lowest BCUT2D eigenvalue weighted by Gasteiger charge is -2.37. The van der Waals surface area contributed by atoms with Crippen molar-refractivity contribution in [3.05, 3.63) is 42.7 Å². The largest absolute Gasteiger partial charge is 0.485 e. The number of fused-ring (bicyclic) bond motifs is 1. The van der Waals surface area contributed by atoms with Crippen molar-refractivity contribution in [3.63, 3.8) is 0 Å². The quantitative estimate of drug-likeness (QED) is 0.842. The van der Waals surface area contributed by atoms with Crippen LogP contribution in [0.5, 0.6) is 5.75 Å². The highest BCUT2D eigenvalue weighted by atomic mass is 16.5. The smallest absolute Gasteiger partial charge is 0.244 e. The number of ether oxygens (including phenoxy) is 1. The average molecular weight is 314 g/mol. The molecule has 0 spiro atoms. The number of nitrogens with zero attached hydrogens (tertiary/aromatic N) is 4. The number of carbonyl (C=O) groups excluding carboxylic acids is 1. The van der Waals surface area contributed by atoms with Gasteiger partial charge in [-0.05, 0) is 25.1 Å². The van der Waals surface area contributed by atoms with Gasteiger partial charge in [0.15, 0.2) is 0 Å². The third-order valence-corrected chi connectivity index (χ3v) is 4.07. The van der Waals surface area contributed by atoms with Gasteiger partial charge in [0.2, 0.25) is 5.91 Å². The third kappa shape index (κ3) is 3.47. The predicted molar refractivity (Wildman–Crippen MR) is 88.6 cm³/mol. The average Bonchev–Trinajstić information content (AvgIpc) is 3.07. The molecule has 3 rings (SSSR count). The minimum Gasteiger partial charge on any atom is -0.485 e. The summed E-state index contributed by atoms with van der Waals surface area (Å²) in [6.45, 7) is 4.65. The van der Waals surface area contributed by atoms with Gasteiger partial charge >= 0.3 is 0 Å². The Balaban J connectivity index is 1.63. The van der Waals surface area contributed by atoms with Crippen molar-refractivity contribution in [2.45, 2.75) is 19.6 Å². The molecule has 1 aromatic heterocycles. The first-order chi connectivity index (χ1) is 11.2. The molecule has 1 aliphatic heterocycles. The first-order valence-corrected chi connectivity index (χ1v) is 7.89. The number of carbonyl (C=O) groups is 1. The first kappa shape index (κ1) is 15.4. The van der Waals surface area contributed by atoms with Crippen molar-refractivity contribution >= 4 is 11.6 Å². The summed E-state index contributed by atoms with van der Waals surface area (Å²) in [6.07, 6.45) is 3.43. The second-order valence-electron chi connectivity index (χ2n) is 5.72. The van der Waals surface area contributed by atoms with Crippen molar-refractivity contribution < 1.29 is 9.53 Å². The second-order valence-corrected chi connectivity index (χ2v) is 5.72. The number of rotatable bonds is 5. The SMILES string of the molecule is CCN1C[C@H](CN(C)C(=O)Cn2cccn2)Oc2ccccc21. The Morgan fingerprint density at radius 1 is 1.39 bits per heavy atom. The number of anilines is 1. The predicted octanol–water partition coefficient (Wildman–Crippen LogP) is 1.63. The van der Waals surface area contributed by atoms with Gasteiger partial charge in [-0.25, -0.2) is 0 Å². The number of benzene rings is 1. The molecule has 1 atom stereocenters. The lowest BCUT2D eigenvalue weighted by Crippen LogP contribution is -2.47. The van der Waals surface area contributed by atoms with Gasteiger partial charge in [0, 0.05) is 26.0 Å². The molecule has 23 heavy (non-hydrogen) atoms. The van der Waals surface area contributed by atoms with Crippen molar-refractivity contribution in [2.75, 3.05) is 31.6 Å². The Hall–Kier alpha value is -2.50. The number of hydrogen-bond acceptors (Lipinski definition) is 4. The Kier molecular flexibility index (Phi) is 4.50. The molecule has 2 heterocycles. The summed E-state index contributed by atoms with van der Waals surface area (Å²) in [5.74, 6) is 0.915. The summed E-state index contributed by atoms with van der Waals surface area (Å²) < 4.78 is 7.70. The highest BCUT2D eigenvalue weighted by Gasteiger charge is 2.26. The molecule has 0 saturated heterocycles. The van der Waals surface area contributed by atoms with E-state index >= 15 is 0 Å². The zero-order chi connectivity index (χ0) is 16.2. The normalized spacial score (nSPS) is 16.6. The van der Waals surface area contributed by atoms with E-state index < -0.39 is 0 Å². The summed E-state index contributed by atoms with van der Waals surface area (Å²) in [5, 5.41) is 4.07. The van der Waals surface area contributed by atoms with Crippen molar-refractivity contribution in [1.29, 1.82) is 0 Å². The van der Waals surface area contributed by atoms with Crippen LogP contribution in [0.3, 0.4) is 0 Å². The van der Waals surface area contributed by atoms with E-state index in [1.807, 2.05) is 31.3 Å². The number of para-hydroxylation sites is 2. The van der Waals surface area contributed by atoms with Crippen LogP contribution in [0.1, 0.15) is 6.92 Å². The van der Waals surface area contributed by atoms with Crippen LogP contribution in [-0.4, -0.2) is 53.4 Å². The van der Waals surface area contributed by atoms with Crippen LogP contribution in [0.2, 0.25) is 0 Å². The lowest BCUT2D eigenvalue weighted by atomic mass is 10.2. The fourth-order valence-corrected chi connectivity index (χ4v) is 2.83. The van der Waals surface area contributed by atoms with E-state index in [0.717, 1.165) is 24.5 Å². The molecule has 0 radical (unpaired) electrons. The van der Waals surface area contributed by atoms with E-state index in [1.54, 1.807) is 22.0 Å². The lowest BCUT2D eigenvalue weighted by molar-refractivity contribution is -0.131. The summed E-state index contributed by atoms with van der Waals surface area (Å²) in [5.41, 5.74) is 1.12. The zero-order valence-corrected chi connectivity index (χ0v) is 13.6. The maximum atomic E-state index is 12.3. The highest BCUT2D eigenvalue weighted by Crippen LogP contribution is 2.32. The second kappa shape index (κ2) is 6.73. The molecule has 0 unspecified atom stereocenters. The molecule has 6 heteroatoms. The molecule has 122 valence electrons. The molecule has 2 aromatic rings. The maximum Gasteiger partial charge on any atom is 0.244 e. The van der Waals surface area contributed by atoms with E-state index in [-0.39, 0.29) is 18.6 Å². The van der Waals surface area contributed by atoms with Crippen LogP contribution in [0.15, 0.2) is 42.7 Å². The van der Waals surface area contributed by atoms with Gasteiger partial charge in [0.05, 0.1) is 18.8 Å². The monoisotopic (exact) mass is 314 g/mol. The van der Waals surface area contributed by atoms with Crippen LogP contribution in [0, 0.1) is 0 Å². The molecular formula is C17H22N4O2. The van der Waals surface area contributed by atoms with Gasteiger partial charge in [0.1, 0.15) is 18.4 Å². The number of hydrogen-bond donors (Lipinski definition) is 0. The number of likely N-dealkylation sites (N-methyl/N-ethyl adjacent to an activating group) is 2. The zero-order valence-electron chi connectivity index (χ0n) is 13.6. The summed E-state index contributed by atoms with van der Waals surface area (Å²) in [7, 11) is 1.81. The van der Waals surface area contributed by atoms with Gasteiger partial charge in [-0.2, -0.15) is 5.10 Å². The molecule has 0 aliphatic carbocycles. The molecule has 0 N–H and O–H groups in total. The fourth-order valence-electron chi connectivity index (χ4n) is 2.83. The molecule has 0 bridgehead atoms. The van der Waals surface area contributed by atoms with Crippen molar-refractivity contribution in [3.8, 4) is 5.75 Å². The van der Waals surface area contributed by atoms with Crippen LogP contribution >= 0.6 is 0 Å². The molecule has 1 amide bonds. The van der Waals surface area contributed by atoms with Gasteiger partial charge < -0.3 is 14.5 Å². The maximum absolute atomic E-state index is 12.3. The van der Waals surface area contributed by atoms with Gasteiger partial charge in [-0.1, -0.05) is 12.1 Å². The van der Waals surface area contributed by atoms with Crippen LogP contribution in [-0.2, 0) is 11.3 Å². The standard InChI is InChI=1S/C17H22N4O2/c1-3-20-12-14(23-16-8-5-4-7-15(16)20)11-19(2)17(22)13-21-10-6-9-18-21/h4-10,14H,3,11-13H2,1-2H3/t14-/m0/s1. The Bertz CT molecular complexity index is 656. The molecule has 0 saturated carbocycles. The summed E-state index contributed by atoms with van der Waals surface area (Å²) >= 11 is 0. The Labute approximate surface area is 136 Å². The van der Waals surface area contributed by atoms with Crippen molar-refractivity contribution in [1.82, 2.24) is 14.7 Å². The van der Waals surface area contributed by atoms with Gasteiger partial charge in [-0.15, -0.1) is 0 Å². The Morgan fingerprint density at radius 2 is 2.22 bits per heavy atom. The molecule has 1 aliphatic rings. The van der Waals surface area contributed by atoms with Gasteiger partial charge in [0.25, 0.3) is 0 Å². The van der Waals surface area contributed by atoms with E-state index in [0.29, 0.717) is 6.54 Å². The minimum absolute atomic E-state index is 0.0270. The van der Waals surface area contributed by atoms with Crippen LogP contribution in [0.25, 0.3) is 0 Å².